The van der Waals surface area contributed by atoms with Gasteiger partial charge in [0.15, 0.2) is 5.76 Å². The molecular weight excluding hydrogens is 329 g/mol. The van der Waals surface area contributed by atoms with Crippen LogP contribution in [0.1, 0.15) is 23.4 Å². The lowest BCUT2D eigenvalue weighted by molar-refractivity contribution is -0.154. The van der Waals surface area contributed by atoms with E-state index in [0.29, 0.717) is 26.1 Å². The summed E-state index contributed by atoms with van der Waals surface area (Å²) in [5.41, 5.74) is -0.775. The van der Waals surface area contributed by atoms with Gasteiger partial charge in [0.2, 0.25) is 0 Å². The third-order valence-electron chi connectivity index (χ3n) is 4.46. The highest BCUT2D eigenvalue weighted by atomic mass is 19.1. The van der Waals surface area contributed by atoms with E-state index in [9.17, 15) is 19.1 Å². The second-order valence-corrected chi connectivity index (χ2v) is 6.02. The minimum absolute atomic E-state index is 0.00542. The van der Waals surface area contributed by atoms with E-state index < -0.39 is 23.1 Å². The van der Waals surface area contributed by atoms with Crippen molar-refractivity contribution in [2.45, 2.75) is 12.8 Å². The Labute approximate surface area is 143 Å². The maximum atomic E-state index is 13.8. The second-order valence-electron chi connectivity index (χ2n) is 6.02. The van der Waals surface area contributed by atoms with Crippen LogP contribution in [-0.2, 0) is 9.53 Å². The fourth-order valence-corrected chi connectivity index (χ4v) is 2.83. The number of benzene rings is 1. The first-order chi connectivity index (χ1) is 12.0. The molecule has 0 aliphatic carbocycles. The molecule has 2 heterocycles. The molecule has 2 N–H and O–H groups in total. The normalized spacial score (nSPS) is 16.4. The van der Waals surface area contributed by atoms with E-state index in [4.69, 9.17) is 9.15 Å². The molecule has 7 heteroatoms. The summed E-state index contributed by atoms with van der Waals surface area (Å²) < 4.78 is 24.4. The maximum Gasteiger partial charge on any atom is 0.311 e. The van der Waals surface area contributed by atoms with Gasteiger partial charge in [-0.1, -0.05) is 12.1 Å². The van der Waals surface area contributed by atoms with Gasteiger partial charge in [0, 0.05) is 19.8 Å². The minimum atomic E-state index is -1.03. The fraction of sp³-hybridized carbons (Fsp3) is 0.333. The number of nitrogens with one attached hydrogen (secondary N) is 1. The van der Waals surface area contributed by atoms with Gasteiger partial charge in [0.1, 0.15) is 11.6 Å². The van der Waals surface area contributed by atoms with Crippen LogP contribution in [0.4, 0.5) is 4.39 Å². The number of carbonyl (C=O) groups is 2. The SMILES string of the molecule is O=C(NCC1(C(=O)O)CCOCC1)c1ccc(-c2ccccc2F)o1. The van der Waals surface area contributed by atoms with E-state index in [-0.39, 0.29) is 23.6 Å². The van der Waals surface area contributed by atoms with Crippen LogP contribution in [0, 0.1) is 11.2 Å². The highest BCUT2D eigenvalue weighted by Gasteiger charge is 2.40. The Morgan fingerprint density at radius 2 is 1.88 bits per heavy atom. The molecule has 25 heavy (non-hydrogen) atoms. The smallest absolute Gasteiger partial charge is 0.311 e. The number of hydrogen-bond acceptors (Lipinski definition) is 4. The van der Waals surface area contributed by atoms with Crippen molar-refractivity contribution in [3.63, 3.8) is 0 Å². The lowest BCUT2D eigenvalue weighted by atomic mass is 9.80. The molecule has 1 fully saturated rings. The van der Waals surface area contributed by atoms with Gasteiger partial charge in [-0.25, -0.2) is 4.39 Å². The summed E-state index contributed by atoms with van der Waals surface area (Å²) in [6, 6.07) is 9.04. The molecule has 6 nitrogen and oxygen atoms in total. The number of hydrogen-bond donors (Lipinski definition) is 2. The Morgan fingerprint density at radius 3 is 2.56 bits per heavy atom. The monoisotopic (exact) mass is 347 g/mol. The lowest BCUT2D eigenvalue weighted by Gasteiger charge is -2.32. The average Bonchev–Trinajstić information content (AvgIpc) is 3.10. The van der Waals surface area contributed by atoms with Gasteiger partial charge in [0.05, 0.1) is 11.0 Å². The van der Waals surface area contributed by atoms with Crippen molar-refractivity contribution < 1.29 is 28.2 Å². The summed E-state index contributed by atoms with van der Waals surface area (Å²) in [5, 5.41) is 12.1. The molecule has 1 saturated heterocycles. The first-order valence-corrected chi connectivity index (χ1v) is 7.96. The molecule has 1 aromatic carbocycles. The molecule has 1 aliphatic heterocycles. The Balaban J connectivity index is 1.70. The number of halogens is 1. The van der Waals surface area contributed by atoms with Crippen LogP contribution in [0.5, 0.6) is 0 Å². The van der Waals surface area contributed by atoms with Crippen LogP contribution >= 0.6 is 0 Å². The van der Waals surface area contributed by atoms with Gasteiger partial charge in [-0.15, -0.1) is 0 Å². The number of rotatable bonds is 5. The van der Waals surface area contributed by atoms with Crippen LogP contribution in [-0.4, -0.2) is 36.7 Å². The van der Waals surface area contributed by atoms with Crippen molar-refractivity contribution in [3.8, 4) is 11.3 Å². The summed E-state index contributed by atoms with van der Waals surface area (Å²) in [6.45, 7) is 0.682. The zero-order valence-corrected chi connectivity index (χ0v) is 13.5. The average molecular weight is 347 g/mol. The van der Waals surface area contributed by atoms with Crippen LogP contribution in [0.25, 0.3) is 11.3 Å². The molecule has 1 aliphatic rings. The number of amides is 1. The quantitative estimate of drug-likeness (QED) is 0.868. The number of furan rings is 1. The number of carboxylic acid groups (broad SMARTS) is 1. The molecular formula is C18H18FNO5. The third kappa shape index (κ3) is 3.56. The Bertz CT molecular complexity index is 779. The van der Waals surface area contributed by atoms with Crippen molar-refractivity contribution in [2.24, 2.45) is 5.41 Å². The predicted octanol–water partition coefficient (Wildman–Crippen LogP) is 2.70. The molecule has 132 valence electrons. The molecule has 0 bridgehead atoms. The third-order valence-corrected chi connectivity index (χ3v) is 4.46. The number of carbonyl (C=O) groups excluding carboxylic acids is 1. The van der Waals surface area contributed by atoms with Crippen molar-refractivity contribution >= 4 is 11.9 Å². The van der Waals surface area contributed by atoms with Gasteiger partial charge in [-0.2, -0.15) is 0 Å². The van der Waals surface area contributed by atoms with Crippen molar-refractivity contribution in [2.75, 3.05) is 19.8 Å². The van der Waals surface area contributed by atoms with Gasteiger partial charge < -0.3 is 19.6 Å². The zero-order valence-electron chi connectivity index (χ0n) is 13.5. The Morgan fingerprint density at radius 1 is 1.16 bits per heavy atom. The number of ether oxygens (including phenoxy) is 1. The fourth-order valence-electron chi connectivity index (χ4n) is 2.83. The van der Waals surface area contributed by atoms with E-state index in [1.807, 2.05) is 0 Å². The predicted molar refractivity (Wildman–Crippen MR) is 86.6 cm³/mol. The second kappa shape index (κ2) is 7.06. The molecule has 0 saturated carbocycles. The standard InChI is InChI=1S/C18H18FNO5/c19-13-4-2-1-3-12(13)14-5-6-15(25-14)16(21)20-11-18(17(22)23)7-9-24-10-8-18/h1-6H,7-11H2,(H,20,21)(H,22,23). The zero-order chi connectivity index (χ0) is 17.9. The summed E-state index contributed by atoms with van der Waals surface area (Å²) in [6.07, 6.45) is 0.669. The maximum absolute atomic E-state index is 13.8. The van der Waals surface area contributed by atoms with E-state index >= 15 is 0 Å². The molecule has 1 aromatic heterocycles. The largest absolute Gasteiger partial charge is 0.481 e. The van der Waals surface area contributed by atoms with Crippen LogP contribution in [0.15, 0.2) is 40.8 Å². The Kier molecular flexibility index (Phi) is 4.85. The van der Waals surface area contributed by atoms with Gasteiger partial charge in [-0.05, 0) is 37.1 Å². The highest BCUT2D eigenvalue weighted by molar-refractivity contribution is 5.92. The van der Waals surface area contributed by atoms with Crippen LogP contribution in [0.2, 0.25) is 0 Å². The number of carboxylic acids is 1. The Hall–Kier alpha value is -2.67. The molecule has 0 unspecified atom stereocenters. The summed E-state index contributed by atoms with van der Waals surface area (Å²) in [5.74, 6) is -1.69. The minimum Gasteiger partial charge on any atom is -0.481 e. The topological polar surface area (TPSA) is 88.8 Å². The summed E-state index contributed by atoms with van der Waals surface area (Å²) in [4.78, 5) is 23.8. The van der Waals surface area contributed by atoms with Gasteiger partial charge in [0.25, 0.3) is 5.91 Å². The number of aliphatic carboxylic acids is 1. The molecule has 0 spiro atoms. The molecule has 1 amide bonds. The summed E-state index contributed by atoms with van der Waals surface area (Å²) >= 11 is 0. The van der Waals surface area contributed by atoms with Crippen LogP contribution < -0.4 is 5.32 Å². The van der Waals surface area contributed by atoms with E-state index in [1.54, 1.807) is 18.2 Å². The van der Waals surface area contributed by atoms with Crippen molar-refractivity contribution in [3.05, 3.63) is 48.0 Å². The van der Waals surface area contributed by atoms with E-state index in [2.05, 4.69) is 5.32 Å². The van der Waals surface area contributed by atoms with Crippen LogP contribution in [0.3, 0.4) is 0 Å². The lowest BCUT2D eigenvalue weighted by Crippen LogP contribution is -2.46. The highest BCUT2D eigenvalue weighted by Crippen LogP contribution is 2.30. The molecule has 0 radical (unpaired) electrons. The van der Waals surface area contributed by atoms with E-state index in [0.717, 1.165) is 0 Å². The first kappa shape index (κ1) is 17.2. The van der Waals surface area contributed by atoms with E-state index in [1.165, 1.54) is 18.2 Å². The molecule has 2 aromatic rings. The molecule has 3 rings (SSSR count). The molecule has 0 atom stereocenters. The first-order valence-electron chi connectivity index (χ1n) is 7.96. The van der Waals surface area contributed by atoms with Gasteiger partial charge in [-0.3, -0.25) is 9.59 Å². The van der Waals surface area contributed by atoms with Crippen molar-refractivity contribution in [1.82, 2.24) is 5.32 Å². The van der Waals surface area contributed by atoms with Gasteiger partial charge >= 0.3 is 5.97 Å². The van der Waals surface area contributed by atoms with Crippen molar-refractivity contribution in [1.29, 1.82) is 0 Å². The summed E-state index contributed by atoms with van der Waals surface area (Å²) in [7, 11) is 0.